The van der Waals surface area contributed by atoms with Gasteiger partial charge in [-0.25, -0.2) is 4.98 Å². The van der Waals surface area contributed by atoms with Crippen molar-refractivity contribution in [2.24, 2.45) is 0 Å². The maximum atomic E-state index is 12.3. The Bertz CT molecular complexity index is 849. The summed E-state index contributed by atoms with van der Waals surface area (Å²) < 4.78 is 5.27. The molecule has 130 valence electrons. The Morgan fingerprint density at radius 2 is 2.20 bits per heavy atom. The van der Waals surface area contributed by atoms with E-state index < -0.39 is 0 Å². The number of aromatic nitrogens is 1. The van der Waals surface area contributed by atoms with Crippen molar-refractivity contribution in [2.45, 2.75) is 26.7 Å². The van der Waals surface area contributed by atoms with Crippen LogP contribution in [0.3, 0.4) is 0 Å². The second kappa shape index (κ2) is 7.66. The van der Waals surface area contributed by atoms with E-state index in [1.54, 1.807) is 18.4 Å². The van der Waals surface area contributed by atoms with E-state index in [0.29, 0.717) is 13.0 Å². The van der Waals surface area contributed by atoms with Crippen molar-refractivity contribution in [3.8, 4) is 5.75 Å². The van der Waals surface area contributed by atoms with Crippen molar-refractivity contribution in [3.05, 3.63) is 63.1 Å². The van der Waals surface area contributed by atoms with Gasteiger partial charge in [0.25, 0.3) is 0 Å². The van der Waals surface area contributed by atoms with E-state index in [0.717, 1.165) is 39.6 Å². The van der Waals surface area contributed by atoms with Gasteiger partial charge in [0.15, 0.2) is 0 Å². The number of carbonyl (C=O) groups excluding carboxylic acids is 1. The quantitative estimate of drug-likeness (QED) is 0.857. The van der Waals surface area contributed by atoms with Gasteiger partial charge >= 0.3 is 0 Å². The molecule has 1 amide bonds. The number of amides is 1. The zero-order valence-electron chi connectivity index (χ0n) is 14.8. The van der Waals surface area contributed by atoms with Crippen LogP contribution in [0.5, 0.6) is 5.75 Å². The standard InChI is InChI=1S/C20H22N2O2S/c1-13-10-15(4-7-19(13)24-3)8-9-21-20(23)17-6-5-16(11-17)18-12-25-14(2)22-18/h4-5,7,10-12H,6,8-9H2,1-3H3,(H,21,23). The number of allylic oxidation sites excluding steroid dienone is 3. The average molecular weight is 354 g/mol. The van der Waals surface area contributed by atoms with Crippen molar-refractivity contribution in [2.75, 3.05) is 13.7 Å². The first kappa shape index (κ1) is 17.4. The van der Waals surface area contributed by atoms with E-state index >= 15 is 0 Å². The summed E-state index contributed by atoms with van der Waals surface area (Å²) in [6.45, 7) is 4.63. The fraction of sp³-hybridized carbons (Fsp3) is 0.300. The smallest absolute Gasteiger partial charge is 0.247 e. The number of thiazole rings is 1. The molecule has 0 bridgehead atoms. The molecule has 0 saturated carbocycles. The summed E-state index contributed by atoms with van der Waals surface area (Å²) in [5.74, 6) is 0.892. The van der Waals surface area contributed by atoms with E-state index in [-0.39, 0.29) is 5.91 Å². The van der Waals surface area contributed by atoms with Crippen LogP contribution < -0.4 is 10.1 Å². The fourth-order valence-corrected chi connectivity index (χ4v) is 3.51. The van der Waals surface area contributed by atoms with Gasteiger partial charge in [-0.15, -0.1) is 11.3 Å². The number of hydrogen-bond acceptors (Lipinski definition) is 4. The Balaban J connectivity index is 1.53. The lowest BCUT2D eigenvalue weighted by atomic mass is 10.1. The Morgan fingerprint density at radius 1 is 1.36 bits per heavy atom. The van der Waals surface area contributed by atoms with Crippen molar-refractivity contribution in [3.63, 3.8) is 0 Å². The lowest BCUT2D eigenvalue weighted by Crippen LogP contribution is -2.26. The summed E-state index contributed by atoms with van der Waals surface area (Å²) >= 11 is 1.63. The number of nitrogens with zero attached hydrogens (tertiary/aromatic N) is 1. The number of hydrogen-bond donors (Lipinski definition) is 1. The molecular weight excluding hydrogens is 332 g/mol. The summed E-state index contributed by atoms with van der Waals surface area (Å²) in [6, 6.07) is 6.11. The largest absolute Gasteiger partial charge is 0.496 e. The van der Waals surface area contributed by atoms with Gasteiger partial charge in [-0.05, 0) is 55.5 Å². The molecule has 4 nitrogen and oxygen atoms in total. The molecule has 0 atom stereocenters. The summed E-state index contributed by atoms with van der Waals surface area (Å²) in [7, 11) is 1.67. The van der Waals surface area contributed by atoms with Gasteiger partial charge in [-0.1, -0.05) is 18.2 Å². The van der Waals surface area contributed by atoms with Crippen LogP contribution in [0.25, 0.3) is 5.57 Å². The van der Waals surface area contributed by atoms with E-state index in [2.05, 4.69) is 22.4 Å². The first-order chi connectivity index (χ1) is 12.1. The summed E-state index contributed by atoms with van der Waals surface area (Å²) in [6.07, 6.45) is 5.48. The molecule has 5 heteroatoms. The van der Waals surface area contributed by atoms with Gasteiger partial charge in [0, 0.05) is 17.5 Å². The van der Waals surface area contributed by atoms with Crippen LogP contribution in [-0.4, -0.2) is 24.5 Å². The summed E-state index contributed by atoms with van der Waals surface area (Å²) in [5, 5.41) is 6.08. The van der Waals surface area contributed by atoms with Gasteiger partial charge in [0.1, 0.15) is 5.75 Å². The lowest BCUT2D eigenvalue weighted by Gasteiger charge is -2.09. The molecule has 1 N–H and O–H groups in total. The second-order valence-electron chi connectivity index (χ2n) is 6.09. The molecular formula is C20H22N2O2S. The van der Waals surface area contributed by atoms with Gasteiger partial charge < -0.3 is 10.1 Å². The molecule has 25 heavy (non-hydrogen) atoms. The molecule has 0 saturated heterocycles. The molecule has 1 aromatic heterocycles. The van der Waals surface area contributed by atoms with E-state index in [1.807, 2.05) is 37.4 Å². The Morgan fingerprint density at radius 3 is 2.88 bits per heavy atom. The minimum atomic E-state index is 0.00318. The van der Waals surface area contributed by atoms with Crippen molar-refractivity contribution in [1.29, 1.82) is 0 Å². The number of carbonyl (C=O) groups is 1. The monoisotopic (exact) mass is 354 g/mol. The van der Waals surface area contributed by atoms with Crippen LogP contribution >= 0.6 is 11.3 Å². The van der Waals surface area contributed by atoms with Crippen LogP contribution in [0.1, 0.15) is 28.2 Å². The molecule has 1 aromatic carbocycles. The third-order valence-electron chi connectivity index (χ3n) is 4.24. The van der Waals surface area contributed by atoms with E-state index in [1.165, 1.54) is 5.56 Å². The van der Waals surface area contributed by atoms with Crippen molar-refractivity contribution >= 4 is 22.8 Å². The number of ether oxygens (including phenoxy) is 1. The highest BCUT2D eigenvalue weighted by Crippen LogP contribution is 2.27. The number of aryl methyl sites for hydroxylation is 2. The first-order valence-corrected chi connectivity index (χ1v) is 9.19. The third kappa shape index (κ3) is 4.17. The molecule has 0 spiro atoms. The summed E-state index contributed by atoms with van der Waals surface area (Å²) in [5.41, 5.74) is 5.10. The molecule has 3 rings (SSSR count). The lowest BCUT2D eigenvalue weighted by molar-refractivity contribution is -0.117. The predicted molar refractivity (Wildman–Crippen MR) is 102 cm³/mol. The molecule has 0 radical (unpaired) electrons. The number of benzene rings is 1. The summed E-state index contributed by atoms with van der Waals surface area (Å²) in [4.78, 5) is 16.8. The topological polar surface area (TPSA) is 51.2 Å². The van der Waals surface area contributed by atoms with E-state index in [9.17, 15) is 4.79 Å². The molecule has 0 fully saturated rings. The highest BCUT2D eigenvalue weighted by molar-refractivity contribution is 7.09. The maximum absolute atomic E-state index is 12.3. The zero-order valence-corrected chi connectivity index (χ0v) is 15.6. The molecule has 1 heterocycles. The molecule has 0 unspecified atom stereocenters. The molecule has 1 aliphatic carbocycles. The molecule has 0 aliphatic heterocycles. The number of rotatable bonds is 6. The maximum Gasteiger partial charge on any atom is 0.247 e. The van der Waals surface area contributed by atoms with Crippen LogP contribution in [0.15, 0.2) is 41.3 Å². The predicted octanol–water partition coefficient (Wildman–Crippen LogP) is 3.84. The van der Waals surface area contributed by atoms with E-state index in [4.69, 9.17) is 4.74 Å². The third-order valence-corrected chi connectivity index (χ3v) is 5.01. The van der Waals surface area contributed by atoms with Crippen LogP contribution in [0.2, 0.25) is 0 Å². The van der Waals surface area contributed by atoms with Gasteiger partial charge in [0.05, 0.1) is 17.8 Å². The molecule has 2 aromatic rings. The highest BCUT2D eigenvalue weighted by Gasteiger charge is 2.16. The minimum absolute atomic E-state index is 0.00318. The molecule has 1 aliphatic rings. The second-order valence-corrected chi connectivity index (χ2v) is 7.16. The average Bonchev–Trinajstić information content (AvgIpc) is 3.24. The number of nitrogens with one attached hydrogen (secondary N) is 1. The normalized spacial score (nSPS) is 13.4. The SMILES string of the molecule is COc1ccc(CCNC(=O)C2=CC(c3csc(C)n3)=CC2)cc1C. The van der Waals surface area contributed by atoms with Crippen LogP contribution in [0, 0.1) is 13.8 Å². The first-order valence-electron chi connectivity index (χ1n) is 8.32. The van der Waals surface area contributed by atoms with Gasteiger partial charge in [-0.2, -0.15) is 0 Å². The van der Waals surface area contributed by atoms with Gasteiger partial charge in [-0.3, -0.25) is 4.79 Å². The fourth-order valence-electron chi connectivity index (χ4n) is 2.89. The Hall–Kier alpha value is -2.40. The van der Waals surface area contributed by atoms with Gasteiger partial charge in [0.2, 0.25) is 5.91 Å². The minimum Gasteiger partial charge on any atom is -0.496 e. The van der Waals surface area contributed by atoms with Crippen molar-refractivity contribution in [1.82, 2.24) is 10.3 Å². The van der Waals surface area contributed by atoms with Crippen LogP contribution in [-0.2, 0) is 11.2 Å². The highest BCUT2D eigenvalue weighted by atomic mass is 32.1. The van der Waals surface area contributed by atoms with Crippen LogP contribution in [0.4, 0.5) is 0 Å². The number of methoxy groups -OCH3 is 1. The van der Waals surface area contributed by atoms with Crippen molar-refractivity contribution < 1.29 is 9.53 Å². The Labute approximate surface area is 152 Å². The zero-order chi connectivity index (χ0) is 17.8. The Kier molecular flexibility index (Phi) is 5.34.